The third-order valence-electron chi connectivity index (χ3n) is 3.59. The summed E-state index contributed by atoms with van der Waals surface area (Å²) in [5.41, 5.74) is 7.61. The van der Waals surface area contributed by atoms with Gasteiger partial charge in [0.1, 0.15) is 0 Å². The molecule has 0 radical (unpaired) electrons. The number of nitrogens with zero attached hydrogens (tertiary/aromatic N) is 1. The molecule has 1 fully saturated rings. The van der Waals surface area contributed by atoms with Crippen molar-refractivity contribution in [2.45, 2.75) is 38.1 Å². The molecule has 0 aromatic heterocycles. The van der Waals surface area contributed by atoms with Crippen molar-refractivity contribution < 1.29 is 0 Å². The quantitative estimate of drug-likeness (QED) is 0.845. The van der Waals surface area contributed by atoms with Gasteiger partial charge in [-0.05, 0) is 44.3 Å². The lowest BCUT2D eigenvalue weighted by molar-refractivity contribution is 0.213. The van der Waals surface area contributed by atoms with Gasteiger partial charge in [0.25, 0.3) is 0 Å². The highest BCUT2D eigenvalue weighted by Gasteiger charge is 2.13. The standard InChI is InChI=1S/C15H24N2/c16-15(13-17-11-5-2-6-12-17)10-9-14-7-3-1-4-8-14/h1,3-4,7-8,15H,2,5-6,9-13,16H2. The summed E-state index contributed by atoms with van der Waals surface area (Å²) in [5.74, 6) is 0. The molecular formula is C15H24N2. The van der Waals surface area contributed by atoms with Gasteiger partial charge in [-0.25, -0.2) is 0 Å². The summed E-state index contributed by atoms with van der Waals surface area (Å²) in [5, 5.41) is 0. The summed E-state index contributed by atoms with van der Waals surface area (Å²) in [6, 6.07) is 11.0. The highest BCUT2D eigenvalue weighted by molar-refractivity contribution is 5.14. The molecule has 1 saturated heterocycles. The Balaban J connectivity index is 1.68. The van der Waals surface area contributed by atoms with Crippen molar-refractivity contribution in [3.63, 3.8) is 0 Å². The Bertz CT molecular complexity index is 304. The molecule has 0 amide bonds. The first-order valence-electron chi connectivity index (χ1n) is 6.86. The fraction of sp³-hybridized carbons (Fsp3) is 0.600. The van der Waals surface area contributed by atoms with Crippen LogP contribution in [-0.2, 0) is 6.42 Å². The summed E-state index contributed by atoms with van der Waals surface area (Å²) < 4.78 is 0. The van der Waals surface area contributed by atoms with E-state index in [2.05, 4.69) is 35.2 Å². The fourth-order valence-corrected chi connectivity index (χ4v) is 2.56. The topological polar surface area (TPSA) is 29.3 Å². The van der Waals surface area contributed by atoms with E-state index >= 15 is 0 Å². The van der Waals surface area contributed by atoms with E-state index in [0.717, 1.165) is 19.4 Å². The molecule has 0 aliphatic carbocycles. The van der Waals surface area contributed by atoms with Crippen LogP contribution in [0, 0.1) is 0 Å². The van der Waals surface area contributed by atoms with Crippen LogP contribution in [-0.4, -0.2) is 30.6 Å². The molecule has 0 bridgehead atoms. The van der Waals surface area contributed by atoms with Crippen LogP contribution in [0.1, 0.15) is 31.2 Å². The van der Waals surface area contributed by atoms with Crippen LogP contribution < -0.4 is 5.73 Å². The minimum atomic E-state index is 0.327. The first kappa shape index (κ1) is 12.6. The van der Waals surface area contributed by atoms with E-state index in [4.69, 9.17) is 5.73 Å². The number of nitrogens with two attached hydrogens (primary N) is 1. The van der Waals surface area contributed by atoms with E-state index in [1.807, 2.05) is 0 Å². The molecule has 2 N–H and O–H groups in total. The van der Waals surface area contributed by atoms with Crippen molar-refractivity contribution in [1.82, 2.24) is 4.90 Å². The molecule has 1 unspecified atom stereocenters. The minimum absolute atomic E-state index is 0.327. The maximum atomic E-state index is 6.21. The second-order valence-electron chi connectivity index (χ2n) is 5.15. The normalized spacial score (nSPS) is 19.1. The van der Waals surface area contributed by atoms with Gasteiger partial charge in [-0.2, -0.15) is 0 Å². The average molecular weight is 232 g/mol. The number of piperidine rings is 1. The molecule has 0 spiro atoms. The molecule has 2 heteroatoms. The molecule has 2 rings (SSSR count). The van der Waals surface area contributed by atoms with Crippen molar-refractivity contribution in [3.05, 3.63) is 35.9 Å². The van der Waals surface area contributed by atoms with Gasteiger partial charge in [-0.3, -0.25) is 0 Å². The predicted molar refractivity (Wildman–Crippen MR) is 73.0 cm³/mol. The molecule has 2 nitrogen and oxygen atoms in total. The number of hydrogen-bond donors (Lipinski definition) is 1. The molecule has 1 heterocycles. The highest BCUT2D eigenvalue weighted by Crippen LogP contribution is 2.10. The fourth-order valence-electron chi connectivity index (χ4n) is 2.56. The lowest BCUT2D eigenvalue weighted by Gasteiger charge is -2.28. The van der Waals surface area contributed by atoms with E-state index < -0.39 is 0 Å². The van der Waals surface area contributed by atoms with Crippen molar-refractivity contribution in [1.29, 1.82) is 0 Å². The Morgan fingerprint density at radius 2 is 1.76 bits per heavy atom. The molecule has 17 heavy (non-hydrogen) atoms. The Hall–Kier alpha value is -0.860. The number of hydrogen-bond acceptors (Lipinski definition) is 2. The summed E-state index contributed by atoms with van der Waals surface area (Å²) in [6.07, 6.45) is 6.31. The maximum absolute atomic E-state index is 6.21. The minimum Gasteiger partial charge on any atom is -0.327 e. The molecule has 1 aliphatic rings. The molecular weight excluding hydrogens is 208 g/mol. The van der Waals surface area contributed by atoms with Crippen LogP contribution in [0.25, 0.3) is 0 Å². The monoisotopic (exact) mass is 232 g/mol. The van der Waals surface area contributed by atoms with E-state index in [9.17, 15) is 0 Å². The van der Waals surface area contributed by atoms with Gasteiger partial charge >= 0.3 is 0 Å². The molecule has 0 saturated carbocycles. The van der Waals surface area contributed by atoms with Crippen LogP contribution in [0.15, 0.2) is 30.3 Å². The van der Waals surface area contributed by atoms with Gasteiger partial charge in [0.05, 0.1) is 0 Å². The third-order valence-corrected chi connectivity index (χ3v) is 3.59. The first-order valence-corrected chi connectivity index (χ1v) is 6.86. The zero-order valence-electron chi connectivity index (χ0n) is 10.6. The van der Waals surface area contributed by atoms with Crippen molar-refractivity contribution in [3.8, 4) is 0 Å². The van der Waals surface area contributed by atoms with E-state index in [0.29, 0.717) is 6.04 Å². The van der Waals surface area contributed by atoms with Crippen LogP contribution in [0.5, 0.6) is 0 Å². The first-order chi connectivity index (χ1) is 8.34. The zero-order chi connectivity index (χ0) is 11.9. The smallest absolute Gasteiger partial charge is 0.0170 e. The van der Waals surface area contributed by atoms with Gasteiger partial charge in [0.15, 0.2) is 0 Å². The number of benzene rings is 1. The van der Waals surface area contributed by atoms with Gasteiger partial charge in [-0.1, -0.05) is 36.8 Å². The lowest BCUT2D eigenvalue weighted by Crippen LogP contribution is -2.40. The van der Waals surface area contributed by atoms with Gasteiger partial charge in [0, 0.05) is 12.6 Å². The summed E-state index contributed by atoms with van der Waals surface area (Å²) in [7, 11) is 0. The van der Waals surface area contributed by atoms with E-state index in [-0.39, 0.29) is 0 Å². The highest BCUT2D eigenvalue weighted by atomic mass is 15.1. The predicted octanol–water partition coefficient (Wildman–Crippen LogP) is 2.43. The van der Waals surface area contributed by atoms with E-state index in [1.54, 1.807) is 0 Å². The maximum Gasteiger partial charge on any atom is 0.0170 e. The van der Waals surface area contributed by atoms with Gasteiger partial charge in [0.2, 0.25) is 0 Å². The zero-order valence-corrected chi connectivity index (χ0v) is 10.6. The lowest BCUT2D eigenvalue weighted by atomic mass is 10.0. The molecule has 1 aromatic rings. The largest absolute Gasteiger partial charge is 0.327 e. The summed E-state index contributed by atoms with van der Waals surface area (Å²) in [6.45, 7) is 3.57. The van der Waals surface area contributed by atoms with Crippen LogP contribution in [0.3, 0.4) is 0 Å². The Kier molecular flexibility index (Phi) is 5.02. The molecule has 1 aliphatic heterocycles. The Morgan fingerprint density at radius 1 is 1.06 bits per heavy atom. The van der Waals surface area contributed by atoms with Crippen LogP contribution in [0.2, 0.25) is 0 Å². The van der Waals surface area contributed by atoms with Crippen molar-refractivity contribution in [2.75, 3.05) is 19.6 Å². The van der Waals surface area contributed by atoms with E-state index in [1.165, 1.54) is 37.9 Å². The second kappa shape index (κ2) is 6.77. The molecule has 1 atom stereocenters. The Labute approximate surface area is 105 Å². The van der Waals surface area contributed by atoms with Crippen LogP contribution >= 0.6 is 0 Å². The second-order valence-corrected chi connectivity index (χ2v) is 5.15. The number of likely N-dealkylation sites (tertiary alicyclic amines) is 1. The summed E-state index contributed by atoms with van der Waals surface area (Å²) in [4.78, 5) is 2.53. The van der Waals surface area contributed by atoms with Crippen LogP contribution in [0.4, 0.5) is 0 Å². The van der Waals surface area contributed by atoms with Gasteiger partial charge in [-0.15, -0.1) is 0 Å². The Morgan fingerprint density at radius 3 is 2.47 bits per heavy atom. The van der Waals surface area contributed by atoms with Gasteiger partial charge < -0.3 is 10.6 Å². The van der Waals surface area contributed by atoms with Crippen molar-refractivity contribution in [2.24, 2.45) is 5.73 Å². The third kappa shape index (κ3) is 4.49. The number of aryl methyl sites for hydroxylation is 1. The van der Waals surface area contributed by atoms with Crippen molar-refractivity contribution >= 4 is 0 Å². The number of rotatable bonds is 5. The summed E-state index contributed by atoms with van der Waals surface area (Å²) >= 11 is 0. The SMILES string of the molecule is NC(CCc1ccccc1)CN1CCCCC1. The molecule has 94 valence electrons. The molecule has 1 aromatic carbocycles. The average Bonchev–Trinajstić information content (AvgIpc) is 2.39.